The molecule has 0 aliphatic heterocycles. The van der Waals surface area contributed by atoms with Crippen LogP contribution in [0.1, 0.15) is 59.6 Å². The van der Waals surface area contributed by atoms with E-state index in [1.54, 1.807) is 0 Å². The fourth-order valence-corrected chi connectivity index (χ4v) is 5.07. The number of alkyl halides is 3. The lowest BCUT2D eigenvalue weighted by molar-refractivity contribution is -0.137. The Labute approximate surface area is 208 Å². The van der Waals surface area contributed by atoms with Gasteiger partial charge in [-0.05, 0) is 77.9 Å². The number of hydrogen-bond donors (Lipinski definition) is 0. The van der Waals surface area contributed by atoms with Gasteiger partial charge in [0.2, 0.25) is 0 Å². The standard InChI is InChI=1S/C30H28F3NO2/c1-36-29(35)23-8-6-22(7-9-23)27(15-5-20-3-2-4-20)34-18-17-25-19-24(12-16-28(25)34)21-10-13-26(14-11-21)30(31,32)33/h6-14,16-20,27H,2-5,15H2,1H3. The average molecular weight is 492 g/mol. The molecule has 6 heteroatoms. The van der Waals surface area contributed by atoms with Crippen molar-refractivity contribution in [1.29, 1.82) is 0 Å². The predicted octanol–water partition coefficient (Wildman–Crippen LogP) is 8.28. The van der Waals surface area contributed by atoms with Crippen LogP contribution in [0.25, 0.3) is 22.0 Å². The molecule has 3 aromatic carbocycles. The van der Waals surface area contributed by atoms with Crippen molar-refractivity contribution in [2.24, 2.45) is 5.92 Å². The summed E-state index contributed by atoms with van der Waals surface area (Å²) in [7, 11) is 1.38. The van der Waals surface area contributed by atoms with E-state index >= 15 is 0 Å². The summed E-state index contributed by atoms with van der Waals surface area (Å²) in [6.45, 7) is 0. The van der Waals surface area contributed by atoms with E-state index in [2.05, 4.69) is 16.8 Å². The van der Waals surface area contributed by atoms with Gasteiger partial charge in [-0.2, -0.15) is 13.2 Å². The highest BCUT2D eigenvalue weighted by atomic mass is 19.4. The zero-order valence-electron chi connectivity index (χ0n) is 20.1. The summed E-state index contributed by atoms with van der Waals surface area (Å²) in [5.74, 6) is 0.421. The van der Waals surface area contributed by atoms with E-state index in [-0.39, 0.29) is 12.0 Å². The van der Waals surface area contributed by atoms with Gasteiger partial charge >= 0.3 is 12.1 Å². The Balaban J connectivity index is 1.46. The van der Waals surface area contributed by atoms with Crippen molar-refractivity contribution >= 4 is 16.9 Å². The minimum atomic E-state index is -4.34. The number of methoxy groups -OCH3 is 1. The first-order valence-corrected chi connectivity index (χ1v) is 12.3. The van der Waals surface area contributed by atoms with Crippen LogP contribution < -0.4 is 0 Å². The molecule has 1 aliphatic carbocycles. The van der Waals surface area contributed by atoms with Gasteiger partial charge in [0.1, 0.15) is 0 Å². The van der Waals surface area contributed by atoms with Crippen molar-refractivity contribution in [2.45, 2.75) is 44.3 Å². The van der Waals surface area contributed by atoms with Crippen LogP contribution in [0.5, 0.6) is 0 Å². The van der Waals surface area contributed by atoms with Gasteiger partial charge in [0.25, 0.3) is 0 Å². The minimum Gasteiger partial charge on any atom is -0.465 e. The first-order valence-electron chi connectivity index (χ1n) is 12.3. The Kier molecular flexibility index (Phi) is 6.61. The Morgan fingerprint density at radius 3 is 2.28 bits per heavy atom. The zero-order valence-corrected chi connectivity index (χ0v) is 20.1. The summed E-state index contributed by atoms with van der Waals surface area (Å²) < 4.78 is 45.9. The summed E-state index contributed by atoms with van der Waals surface area (Å²) in [5, 5.41) is 1.03. The van der Waals surface area contributed by atoms with Gasteiger partial charge in [0.05, 0.1) is 24.3 Å². The van der Waals surface area contributed by atoms with Crippen LogP contribution >= 0.6 is 0 Å². The van der Waals surface area contributed by atoms with Crippen molar-refractivity contribution in [3.63, 3.8) is 0 Å². The molecule has 3 nitrogen and oxygen atoms in total. The lowest BCUT2D eigenvalue weighted by atomic mass is 9.80. The molecule has 0 saturated heterocycles. The number of halogens is 3. The van der Waals surface area contributed by atoms with Crippen LogP contribution in [0.4, 0.5) is 13.2 Å². The quantitative estimate of drug-likeness (QED) is 0.244. The van der Waals surface area contributed by atoms with E-state index in [1.807, 2.05) is 42.5 Å². The molecule has 186 valence electrons. The molecule has 36 heavy (non-hydrogen) atoms. The van der Waals surface area contributed by atoms with Gasteiger partial charge in [0, 0.05) is 17.1 Å². The third kappa shape index (κ3) is 4.90. The Bertz CT molecular complexity index is 1350. The smallest absolute Gasteiger partial charge is 0.416 e. The third-order valence-electron chi connectivity index (χ3n) is 7.39. The monoisotopic (exact) mass is 491 g/mol. The highest BCUT2D eigenvalue weighted by molar-refractivity contribution is 5.89. The van der Waals surface area contributed by atoms with Gasteiger partial charge in [-0.1, -0.05) is 49.6 Å². The second-order valence-electron chi connectivity index (χ2n) is 9.58. The Morgan fingerprint density at radius 1 is 0.972 bits per heavy atom. The first kappa shape index (κ1) is 24.2. The van der Waals surface area contributed by atoms with Gasteiger partial charge in [-0.25, -0.2) is 4.79 Å². The normalized spacial score (nSPS) is 15.0. The number of ether oxygens (including phenoxy) is 1. The highest BCUT2D eigenvalue weighted by Crippen LogP contribution is 2.37. The summed E-state index contributed by atoms with van der Waals surface area (Å²) in [6.07, 6.45) is 3.76. The first-order chi connectivity index (χ1) is 17.3. The Hall–Kier alpha value is -3.54. The van der Waals surface area contributed by atoms with E-state index in [0.717, 1.165) is 58.5 Å². The maximum Gasteiger partial charge on any atom is 0.416 e. The van der Waals surface area contributed by atoms with Gasteiger partial charge in [-0.3, -0.25) is 0 Å². The number of aromatic nitrogens is 1. The fourth-order valence-electron chi connectivity index (χ4n) is 5.07. The molecule has 1 atom stereocenters. The molecule has 0 amide bonds. The molecule has 0 radical (unpaired) electrons. The number of benzene rings is 3. The summed E-state index contributed by atoms with van der Waals surface area (Å²) in [6, 6.07) is 21.1. The lowest BCUT2D eigenvalue weighted by Crippen LogP contribution is -2.16. The van der Waals surface area contributed by atoms with Crippen LogP contribution in [0.2, 0.25) is 0 Å². The Morgan fingerprint density at radius 2 is 1.67 bits per heavy atom. The number of carbonyl (C=O) groups excluding carboxylic acids is 1. The molecule has 1 unspecified atom stereocenters. The fraction of sp³-hybridized carbons (Fsp3) is 0.300. The van der Waals surface area contributed by atoms with E-state index in [9.17, 15) is 18.0 Å². The molecule has 0 bridgehead atoms. The van der Waals surface area contributed by atoms with Gasteiger partial charge < -0.3 is 9.30 Å². The number of esters is 1. The van der Waals surface area contributed by atoms with Crippen LogP contribution in [0.15, 0.2) is 79.0 Å². The maximum absolute atomic E-state index is 12.9. The van der Waals surface area contributed by atoms with Crippen LogP contribution in [0.3, 0.4) is 0 Å². The van der Waals surface area contributed by atoms with Crippen molar-refractivity contribution < 1.29 is 22.7 Å². The SMILES string of the molecule is COC(=O)c1ccc(C(CCC2CCC2)n2ccc3cc(-c4ccc(C(F)(F)F)cc4)ccc32)cc1. The minimum absolute atomic E-state index is 0.117. The molecule has 4 aromatic rings. The largest absolute Gasteiger partial charge is 0.465 e. The molecule has 5 rings (SSSR count). The topological polar surface area (TPSA) is 31.2 Å². The van der Waals surface area contributed by atoms with Crippen LogP contribution in [-0.4, -0.2) is 17.6 Å². The predicted molar refractivity (Wildman–Crippen MR) is 135 cm³/mol. The van der Waals surface area contributed by atoms with E-state index < -0.39 is 11.7 Å². The summed E-state index contributed by atoms with van der Waals surface area (Å²) in [4.78, 5) is 11.9. The highest BCUT2D eigenvalue weighted by Gasteiger charge is 2.30. The molecule has 1 aromatic heterocycles. The van der Waals surface area contributed by atoms with Crippen LogP contribution in [-0.2, 0) is 10.9 Å². The number of hydrogen-bond acceptors (Lipinski definition) is 2. The van der Waals surface area contributed by atoms with E-state index in [1.165, 1.54) is 38.5 Å². The summed E-state index contributed by atoms with van der Waals surface area (Å²) in [5.41, 5.74) is 3.70. The molecule has 1 heterocycles. The zero-order chi connectivity index (χ0) is 25.3. The molecule has 0 N–H and O–H groups in total. The molecule has 1 saturated carbocycles. The second kappa shape index (κ2) is 9.84. The maximum atomic E-state index is 12.9. The molecular formula is C30H28F3NO2. The third-order valence-corrected chi connectivity index (χ3v) is 7.39. The lowest BCUT2D eigenvalue weighted by Gasteiger charge is -2.28. The number of carbonyl (C=O) groups is 1. The molecule has 1 fully saturated rings. The van der Waals surface area contributed by atoms with Crippen molar-refractivity contribution in [1.82, 2.24) is 4.57 Å². The van der Waals surface area contributed by atoms with Crippen LogP contribution in [0, 0.1) is 5.92 Å². The van der Waals surface area contributed by atoms with Crippen molar-refractivity contribution in [2.75, 3.05) is 7.11 Å². The van der Waals surface area contributed by atoms with Crippen molar-refractivity contribution in [3.8, 4) is 11.1 Å². The number of fused-ring (bicyclic) bond motifs is 1. The molecular weight excluding hydrogens is 463 g/mol. The summed E-state index contributed by atoms with van der Waals surface area (Å²) >= 11 is 0. The molecule has 0 spiro atoms. The second-order valence-corrected chi connectivity index (χ2v) is 9.58. The van der Waals surface area contributed by atoms with E-state index in [4.69, 9.17) is 4.74 Å². The van der Waals surface area contributed by atoms with Gasteiger partial charge in [-0.15, -0.1) is 0 Å². The van der Waals surface area contributed by atoms with Gasteiger partial charge in [0.15, 0.2) is 0 Å². The average Bonchev–Trinajstić information content (AvgIpc) is 3.28. The number of nitrogens with zero attached hydrogens (tertiary/aromatic N) is 1. The van der Waals surface area contributed by atoms with E-state index in [0.29, 0.717) is 5.56 Å². The molecule has 1 aliphatic rings. The number of rotatable bonds is 7. The van der Waals surface area contributed by atoms with Crippen molar-refractivity contribution in [3.05, 3.63) is 95.7 Å².